The molecule has 1 aliphatic heterocycles. The van der Waals surface area contributed by atoms with Crippen LogP contribution in [0.3, 0.4) is 0 Å². The van der Waals surface area contributed by atoms with Gasteiger partial charge in [0.25, 0.3) is 0 Å². The number of benzene rings is 1. The van der Waals surface area contributed by atoms with Crippen molar-refractivity contribution in [3.05, 3.63) is 65.1 Å². The number of rotatable bonds is 7. The number of thiazole rings is 1. The molecule has 5 aromatic rings. The van der Waals surface area contributed by atoms with E-state index in [9.17, 15) is 9.90 Å². The standard InChI is InChI=1S/C32H34N8O2S/c1-19-22-11-8-16-39(30(22)38-37-29(19)36-32-34-25-12-6-7-13-26(25)43-32)27-15-14-23(28(35-27)31(41)42)24-17-33-40(20(24)2)18-21-9-4-3-5-10-21/h6-7,12-15,17,21H,3-5,8-11,16,18H2,1-2H3,(H,41,42)(H,34,36,37). The molecule has 10 nitrogen and oxygen atoms in total. The van der Waals surface area contributed by atoms with Crippen molar-refractivity contribution < 1.29 is 9.90 Å². The summed E-state index contributed by atoms with van der Waals surface area (Å²) in [6.07, 6.45) is 9.84. The minimum absolute atomic E-state index is 0.0174. The fourth-order valence-electron chi connectivity index (χ4n) is 6.44. The third-order valence-electron chi connectivity index (χ3n) is 8.81. The first-order valence-electron chi connectivity index (χ1n) is 15.0. The predicted molar refractivity (Wildman–Crippen MR) is 169 cm³/mol. The van der Waals surface area contributed by atoms with Crippen molar-refractivity contribution in [1.82, 2.24) is 29.9 Å². The molecular formula is C32H34N8O2S. The van der Waals surface area contributed by atoms with Crippen molar-refractivity contribution in [2.24, 2.45) is 5.92 Å². The molecule has 11 heteroatoms. The van der Waals surface area contributed by atoms with Crippen LogP contribution in [0.5, 0.6) is 0 Å². The molecule has 1 aliphatic carbocycles. The quantitative estimate of drug-likeness (QED) is 0.204. The Hall–Kier alpha value is -4.38. The van der Waals surface area contributed by atoms with Gasteiger partial charge >= 0.3 is 5.97 Å². The highest BCUT2D eigenvalue weighted by Gasteiger charge is 2.27. The number of aromatic carboxylic acids is 1. The Morgan fingerprint density at radius 1 is 1.02 bits per heavy atom. The summed E-state index contributed by atoms with van der Waals surface area (Å²) in [5.41, 5.74) is 5.41. The number of fused-ring (bicyclic) bond motifs is 2. The highest BCUT2D eigenvalue weighted by Crippen LogP contribution is 2.37. The fourth-order valence-corrected chi connectivity index (χ4v) is 7.30. The summed E-state index contributed by atoms with van der Waals surface area (Å²) in [5, 5.41) is 28.1. The monoisotopic (exact) mass is 594 g/mol. The van der Waals surface area contributed by atoms with Crippen molar-refractivity contribution in [1.29, 1.82) is 0 Å². The zero-order valence-electron chi connectivity index (χ0n) is 24.4. The first-order valence-corrected chi connectivity index (χ1v) is 15.8. The van der Waals surface area contributed by atoms with Gasteiger partial charge in [-0.1, -0.05) is 42.7 Å². The Balaban J connectivity index is 1.18. The number of carbonyl (C=O) groups is 1. The topological polar surface area (TPSA) is 122 Å². The number of nitrogens with zero attached hydrogens (tertiary/aromatic N) is 7. The number of pyridine rings is 1. The molecule has 0 atom stereocenters. The molecule has 2 aliphatic rings. The molecule has 0 radical (unpaired) electrons. The van der Waals surface area contributed by atoms with Gasteiger partial charge in [-0.05, 0) is 69.7 Å². The molecule has 0 bridgehead atoms. The number of nitrogens with one attached hydrogen (secondary N) is 1. The van der Waals surface area contributed by atoms with E-state index in [1.54, 1.807) is 17.5 Å². The Bertz CT molecular complexity index is 1790. The SMILES string of the molecule is Cc1c(Nc2nc3ccccc3s2)nnc2c1CCCN2c1ccc(-c2cnn(CC3CCCCC3)c2C)c(C(=O)O)n1. The Kier molecular flexibility index (Phi) is 7.26. The zero-order chi connectivity index (χ0) is 29.5. The highest BCUT2D eigenvalue weighted by atomic mass is 32.1. The summed E-state index contributed by atoms with van der Waals surface area (Å²) in [4.78, 5) is 23.8. The molecule has 0 unspecified atom stereocenters. The van der Waals surface area contributed by atoms with Crippen molar-refractivity contribution in [3.63, 3.8) is 0 Å². The van der Waals surface area contributed by atoms with Gasteiger partial charge in [-0.25, -0.2) is 14.8 Å². The molecule has 4 aromatic heterocycles. The van der Waals surface area contributed by atoms with Gasteiger partial charge in [-0.15, -0.1) is 10.2 Å². The van der Waals surface area contributed by atoms with Crippen LogP contribution in [0.15, 0.2) is 42.6 Å². The fraction of sp³-hybridized carbons (Fsp3) is 0.375. The van der Waals surface area contributed by atoms with Gasteiger partial charge in [0.1, 0.15) is 5.82 Å². The molecule has 0 amide bonds. The van der Waals surface area contributed by atoms with Crippen molar-refractivity contribution in [2.75, 3.05) is 16.8 Å². The molecule has 1 fully saturated rings. The van der Waals surface area contributed by atoms with E-state index in [0.717, 1.165) is 57.1 Å². The van der Waals surface area contributed by atoms with Crippen molar-refractivity contribution in [2.45, 2.75) is 65.3 Å². The first kappa shape index (κ1) is 27.5. The number of anilines is 4. The molecule has 1 aromatic carbocycles. The first-order chi connectivity index (χ1) is 21.0. The summed E-state index contributed by atoms with van der Waals surface area (Å²) < 4.78 is 3.14. The van der Waals surface area contributed by atoms with Crippen molar-refractivity contribution >= 4 is 50.1 Å². The van der Waals surface area contributed by atoms with Crippen LogP contribution in [0.1, 0.15) is 65.8 Å². The van der Waals surface area contributed by atoms with E-state index in [1.165, 1.54) is 32.1 Å². The van der Waals surface area contributed by atoms with Crippen LogP contribution < -0.4 is 10.2 Å². The minimum Gasteiger partial charge on any atom is -0.476 e. The number of hydrogen-bond acceptors (Lipinski definition) is 9. The molecule has 7 rings (SSSR count). The number of hydrogen-bond donors (Lipinski definition) is 2. The van der Waals surface area contributed by atoms with Crippen LogP contribution in [-0.2, 0) is 13.0 Å². The van der Waals surface area contributed by atoms with E-state index in [-0.39, 0.29) is 5.69 Å². The van der Waals surface area contributed by atoms with E-state index < -0.39 is 5.97 Å². The van der Waals surface area contributed by atoms with Crippen LogP contribution in [0.4, 0.5) is 22.6 Å². The number of carboxylic acids is 1. The summed E-state index contributed by atoms with van der Waals surface area (Å²) >= 11 is 1.58. The maximum absolute atomic E-state index is 12.5. The summed E-state index contributed by atoms with van der Waals surface area (Å²) in [7, 11) is 0. The van der Waals surface area contributed by atoms with Crippen LogP contribution in [-0.4, -0.2) is 47.6 Å². The zero-order valence-corrected chi connectivity index (χ0v) is 25.2. The van der Waals surface area contributed by atoms with Crippen LogP contribution in [0, 0.1) is 19.8 Å². The van der Waals surface area contributed by atoms with Gasteiger partial charge in [-0.2, -0.15) is 5.10 Å². The highest BCUT2D eigenvalue weighted by molar-refractivity contribution is 7.22. The molecule has 43 heavy (non-hydrogen) atoms. The normalized spacial score (nSPS) is 15.5. The third kappa shape index (κ3) is 5.22. The second-order valence-electron chi connectivity index (χ2n) is 11.5. The molecule has 0 saturated heterocycles. The van der Waals surface area contributed by atoms with E-state index in [2.05, 4.69) is 36.6 Å². The van der Waals surface area contributed by atoms with Gasteiger partial charge in [0, 0.05) is 41.0 Å². The van der Waals surface area contributed by atoms with Crippen molar-refractivity contribution in [3.8, 4) is 11.1 Å². The lowest BCUT2D eigenvalue weighted by Crippen LogP contribution is -2.28. The Labute approximate surface area is 253 Å². The second-order valence-corrected chi connectivity index (χ2v) is 12.6. The predicted octanol–water partition coefficient (Wildman–Crippen LogP) is 7.07. The number of carboxylic acid groups (broad SMARTS) is 1. The van der Waals surface area contributed by atoms with E-state index in [4.69, 9.17) is 0 Å². The minimum atomic E-state index is -1.06. The molecule has 1 saturated carbocycles. The lowest BCUT2D eigenvalue weighted by Gasteiger charge is -2.30. The largest absolute Gasteiger partial charge is 0.476 e. The van der Waals surface area contributed by atoms with Crippen LogP contribution in [0.2, 0.25) is 0 Å². The van der Waals surface area contributed by atoms with Gasteiger partial charge in [0.05, 0.1) is 16.4 Å². The Morgan fingerprint density at radius 3 is 2.67 bits per heavy atom. The molecule has 2 N–H and O–H groups in total. The van der Waals surface area contributed by atoms with E-state index in [0.29, 0.717) is 35.5 Å². The van der Waals surface area contributed by atoms with Crippen LogP contribution >= 0.6 is 11.3 Å². The average molecular weight is 595 g/mol. The average Bonchev–Trinajstić information content (AvgIpc) is 3.61. The molecule has 220 valence electrons. The number of aromatic nitrogens is 6. The third-order valence-corrected chi connectivity index (χ3v) is 9.77. The lowest BCUT2D eigenvalue weighted by molar-refractivity contribution is 0.0691. The lowest BCUT2D eigenvalue weighted by atomic mass is 9.89. The maximum atomic E-state index is 12.5. The maximum Gasteiger partial charge on any atom is 0.355 e. The van der Waals surface area contributed by atoms with Gasteiger partial charge in [-0.3, -0.25) is 4.68 Å². The van der Waals surface area contributed by atoms with E-state index in [1.807, 2.05) is 53.8 Å². The molecule has 0 spiro atoms. The van der Waals surface area contributed by atoms with E-state index >= 15 is 0 Å². The summed E-state index contributed by atoms with van der Waals surface area (Å²) in [6.45, 7) is 5.61. The van der Waals surface area contributed by atoms with Gasteiger partial charge in [0.15, 0.2) is 22.5 Å². The summed E-state index contributed by atoms with van der Waals surface area (Å²) in [6, 6.07) is 11.8. The summed E-state index contributed by atoms with van der Waals surface area (Å²) in [5.74, 6) is 1.50. The Morgan fingerprint density at radius 2 is 1.86 bits per heavy atom. The molecule has 5 heterocycles. The second kappa shape index (κ2) is 11.4. The van der Waals surface area contributed by atoms with Gasteiger partial charge in [0.2, 0.25) is 0 Å². The van der Waals surface area contributed by atoms with Gasteiger partial charge < -0.3 is 15.3 Å². The van der Waals surface area contributed by atoms with Crippen LogP contribution in [0.25, 0.3) is 21.3 Å². The smallest absolute Gasteiger partial charge is 0.355 e. The molecular weight excluding hydrogens is 560 g/mol. The number of para-hydroxylation sites is 1.